The molecule has 0 spiro atoms. The van der Waals surface area contributed by atoms with Crippen molar-refractivity contribution in [3.05, 3.63) is 77.9 Å². The van der Waals surface area contributed by atoms with E-state index in [-0.39, 0.29) is 12.0 Å². The third-order valence-corrected chi connectivity index (χ3v) is 5.97. The number of carbonyl (C=O) groups is 2. The van der Waals surface area contributed by atoms with Gasteiger partial charge in [0.1, 0.15) is 17.0 Å². The predicted octanol–water partition coefficient (Wildman–Crippen LogP) is 5.28. The predicted molar refractivity (Wildman–Crippen MR) is 157 cm³/mol. The number of nitrogens with one attached hydrogen (secondary N) is 1. The standard InChI is InChI=1S/C31H43NO6S/c1-30(2,3)37-25-15-12-22(13-16-25)18-23(32-29(36)38-31(4,5)6)20-24(33)14-17-27(34)26(28(35)39)19-21-10-8-7-9-11-21/h7-17,23-24,26-27,33-34H,18-20H2,1-6H3,(H,32,36)(H,35,39)/b17-14+. The van der Waals surface area contributed by atoms with E-state index in [2.05, 4.69) is 17.9 Å². The first-order chi connectivity index (χ1) is 18.1. The van der Waals surface area contributed by atoms with Crippen molar-refractivity contribution in [2.45, 2.75) is 90.3 Å². The van der Waals surface area contributed by atoms with Gasteiger partial charge in [-0.15, -0.1) is 12.6 Å². The molecular weight excluding hydrogens is 514 g/mol. The number of hydrogen-bond donors (Lipinski definition) is 4. The fraction of sp³-hybridized carbons (Fsp3) is 0.484. The van der Waals surface area contributed by atoms with E-state index in [0.29, 0.717) is 12.8 Å². The molecule has 2 aromatic rings. The van der Waals surface area contributed by atoms with Gasteiger partial charge in [0.05, 0.1) is 18.1 Å². The van der Waals surface area contributed by atoms with Crippen LogP contribution in [0.3, 0.4) is 0 Å². The lowest BCUT2D eigenvalue weighted by atomic mass is 9.94. The molecule has 0 saturated heterocycles. The molecule has 0 aromatic heterocycles. The Morgan fingerprint density at radius 2 is 1.46 bits per heavy atom. The molecule has 2 rings (SSSR count). The Morgan fingerprint density at radius 1 is 0.872 bits per heavy atom. The van der Waals surface area contributed by atoms with Crippen LogP contribution in [0.15, 0.2) is 66.7 Å². The van der Waals surface area contributed by atoms with Crippen molar-refractivity contribution < 1.29 is 29.3 Å². The van der Waals surface area contributed by atoms with Crippen LogP contribution >= 0.6 is 12.6 Å². The van der Waals surface area contributed by atoms with Crippen molar-refractivity contribution in [1.29, 1.82) is 0 Å². The number of hydrogen-bond acceptors (Lipinski definition) is 6. The summed E-state index contributed by atoms with van der Waals surface area (Å²) in [6.45, 7) is 11.3. The third-order valence-electron chi connectivity index (χ3n) is 5.63. The smallest absolute Gasteiger partial charge is 0.407 e. The summed E-state index contributed by atoms with van der Waals surface area (Å²) < 4.78 is 11.3. The van der Waals surface area contributed by atoms with Gasteiger partial charge in [-0.25, -0.2) is 4.79 Å². The molecule has 0 aliphatic heterocycles. The van der Waals surface area contributed by atoms with Crippen LogP contribution in [0.5, 0.6) is 5.75 Å². The van der Waals surface area contributed by atoms with E-state index >= 15 is 0 Å². The average molecular weight is 558 g/mol. The second kappa shape index (κ2) is 14.5. The van der Waals surface area contributed by atoms with Crippen molar-refractivity contribution in [1.82, 2.24) is 5.32 Å². The molecule has 4 unspecified atom stereocenters. The minimum atomic E-state index is -1.13. The minimum absolute atomic E-state index is 0.168. The highest BCUT2D eigenvalue weighted by Gasteiger charge is 2.25. The van der Waals surface area contributed by atoms with Gasteiger partial charge in [-0.3, -0.25) is 4.79 Å². The SMILES string of the molecule is CC(C)(C)OC(=O)NC(Cc1ccc(OC(C)(C)C)cc1)CC(O)/C=C/C(O)C(Cc1ccccc1)C(=O)S. The van der Waals surface area contributed by atoms with Gasteiger partial charge in [0.15, 0.2) is 5.12 Å². The van der Waals surface area contributed by atoms with Gasteiger partial charge >= 0.3 is 6.09 Å². The summed E-state index contributed by atoms with van der Waals surface area (Å²) in [5.74, 6) is -0.0210. The number of aliphatic hydroxyl groups is 2. The molecule has 0 heterocycles. The summed E-state index contributed by atoms with van der Waals surface area (Å²) in [6, 6.07) is 16.5. The fourth-order valence-electron chi connectivity index (χ4n) is 3.97. The molecule has 0 aliphatic carbocycles. The van der Waals surface area contributed by atoms with E-state index in [1.165, 1.54) is 12.2 Å². The van der Waals surface area contributed by atoms with Gasteiger partial charge in [0.2, 0.25) is 0 Å². The Kier molecular flexibility index (Phi) is 12.1. The molecule has 0 bridgehead atoms. The highest BCUT2D eigenvalue weighted by atomic mass is 32.1. The van der Waals surface area contributed by atoms with Crippen LogP contribution in [0, 0.1) is 5.92 Å². The molecule has 0 saturated carbocycles. The van der Waals surface area contributed by atoms with Crippen LogP contribution in [-0.2, 0) is 22.4 Å². The Morgan fingerprint density at radius 3 is 2.00 bits per heavy atom. The number of rotatable bonds is 12. The summed E-state index contributed by atoms with van der Waals surface area (Å²) >= 11 is 3.95. The second-order valence-corrected chi connectivity index (χ2v) is 12.2. The molecule has 2 aromatic carbocycles. The van der Waals surface area contributed by atoms with E-state index in [1.54, 1.807) is 20.8 Å². The molecule has 3 N–H and O–H groups in total. The number of carbonyl (C=O) groups excluding carboxylic acids is 2. The van der Waals surface area contributed by atoms with Crippen LogP contribution in [-0.4, -0.2) is 50.9 Å². The first-order valence-electron chi connectivity index (χ1n) is 13.2. The number of aliphatic hydroxyl groups excluding tert-OH is 2. The topological polar surface area (TPSA) is 105 Å². The number of ether oxygens (including phenoxy) is 2. The molecule has 8 heteroatoms. The summed E-state index contributed by atoms with van der Waals surface area (Å²) in [6.07, 6.45) is 1.09. The van der Waals surface area contributed by atoms with Gasteiger partial charge in [-0.1, -0.05) is 54.6 Å². The zero-order chi connectivity index (χ0) is 29.2. The number of thiol groups is 1. The molecule has 0 aliphatic rings. The number of alkyl carbamates (subject to hydrolysis) is 1. The lowest BCUT2D eigenvalue weighted by Gasteiger charge is -2.25. The zero-order valence-corrected chi connectivity index (χ0v) is 24.7. The Bertz CT molecular complexity index is 1070. The van der Waals surface area contributed by atoms with Gasteiger partial charge in [-0.05, 0) is 84.1 Å². The van der Waals surface area contributed by atoms with E-state index < -0.39 is 41.0 Å². The largest absolute Gasteiger partial charge is 0.488 e. The van der Waals surface area contributed by atoms with Crippen molar-refractivity contribution in [3.63, 3.8) is 0 Å². The lowest BCUT2D eigenvalue weighted by Crippen LogP contribution is -2.41. The van der Waals surface area contributed by atoms with E-state index in [0.717, 1.165) is 16.9 Å². The average Bonchev–Trinajstić information content (AvgIpc) is 2.80. The van der Waals surface area contributed by atoms with Crippen molar-refractivity contribution in [3.8, 4) is 5.75 Å². The molecule has 7 nitrogen and oxygen atoms in total. The van der Waals surface area contributed by atoms with Gasteiger partial charge in [0.25, 0.3) is 0 Å². The van der Waals surface area contributed by atoms with Crippen LogP contribution in [0.1, 0.15) is 59.1 Å². The van der Waals surface area contributed by atoms with E-state index in [1.807, 2.05) is 75.4 Å². The monoisotopic (exact) mass is 557 g/mol. The van der Waals surface area contributed by atoms with E-state index in [4.69, 9.17) is 9.47 Å². The van der Waals surface area contributed by atoms with E-state index in [9.17, 15) is 19.8 Å². The van der Waals surface area contributed by atoms with Crippen molar-refractivity contribution in [2.75, 3.05) is 0 Å². The van der Waals surface area contributed by atoms with Crippen molar-refractivity contribution >= 4 is 23.8 Å². The first-order valence-corrected chi connectivity index (χ1v) is 13.6. The highest BCUT2D eigenvalue weighted by Crippen LogP contribution is 2.21. The van der Waals surface area contributed by atoms with Crippen LogP contribution in [0.25, 0.3) is 0 Å². The molecule has 1 amide bonds. The number of benzene rings is 2. The van der Waals surface area contributed by atoms with Crippen LogP contribution < -0.4 is 10.1 Å². The quantitative estimate of drug-likeness (QED) is 0.209. The van der Waals surface area contributed by atoms with Gasteiger partial charge < -0.3 is 25.0 Å². The fourth-order valence-corrected chi connectivity index (χ4v) is 4.21. The Labute approximate surface area is 238 Å². The molecule has 4 atom stereocenters. The summed E-state index contributed by atoms with van der Waals surface area (Å²) in [7, 11) is 0. The summed E-state index contributed by atoms with van der Waals surface area (Å²) in [5.41, 5.74) is 0.854. The normalized spacial score (nSPS) is 15.3. The maximum Gasteiger partial charge on any atom is 0.407 e. The highest BCUT2D eigenvalue weighted by molar-refractivity contribution is 7.96. The molecular formula is C31H43NO6S. The zero-order valence-electron chi connectivity index (χ0n) is 23.8. The molecule has 0 radical (unpaired) electrons. The second-order valence-electron chi connectivity index (χ2n) is 11.7. The molecule has 214 valence electrons. The van der Waals surface area contributed by atoms with Gasteiger partial charge in [0, 0.05) is 6.04 Å². The maximum absolute atomic E-state index is 12.5. The maximum atomic E-state index is 12.5. The van der Waals surface area contributed by atoms with Gasteiger partial charge in [-0.2, -0.15) is 0 Å². The Hall–Kier alpha value is -2.81. The van der Waals surface area contributed by atoms with Crippen LogP contribution in [0.2, 0.25) is 0 Å². The first kappa shape index (κ1) is 32.4. The Balaban J connectivity index is 2.10. The molecule has 39 heavy (non-hydrogen) atoms. The summed E-state index contributed by atoms with van der Waals surface area (Å²) in [5, 5.41) is 23.8. The summed E-state index contributed by atoms with van der Waals surface area (Å²) in [4.78, 5) is 24.6. The molecule has 0 fully saturated rings. The lowest BCUT2D eigenvalue weighted by molar-refractivity contribution is -0.116. The van der Waals surface area contributed by atoms with Crippen molar-refractivity contribution in [2.24, 2.45) is 5.92 Å². The minimum Gasteiger partial charge on any atom is -0.488 e. The number of amides is 1. The van der Waals surface area contributed by atoms with Crippen LogP contribution in [0.4, 0.5) is 4.79 Å². The third kappa shape index (κ3) is 13.2.